The molecule has 0 radical (unpaired) electrons. The van der Waals surface area contributed by atoms with E-state index >= 15 is 0 Å². The van der Waals surface area contributed by atoms with Crippen LogP contribution in [0.25, 0.3) is 0 Å². The van der Waals surface area contributed by atoms with Gasteiger partial charge in [-0.15, -0.1) is 11.8 Å². The lowest BCUT2D eigenvalue weighted by atomic mass is 10.2. The van der Waals surface area contributed by atoms with Crippen molar-refractivity contribution >= 4 is 23.8 Å². The second-order valence-electron chi connectivity index (χ2n) is 4.95. The SMILES string of the molecule is CCCC1SCC(C(=O)O)N1C(=O)NCc1nccn1C. The number of nitrogens with zero attached hydrogens (tertiary/aromatic N) is 3. The first-order chi connectivity index (χ1) is 10.0. The van der Waals surface area contributed by atoms with Gasteiger partial charge in [0.05, 0.1) is 11.9 Å². The van der Waals surface area contributed by atoms with Gasteiger partial charge in [0.1, 0.15) is 11.9 Å². The lowest BCUT2D eigenvalue weighted by Crippen LogP contribution is -2.50. The minimum absolute atomic E-state index is 0.0718. The van der Waals surface area contributed by atoms with Gasteiger partial charge in [-0.25, -0.2) is 14.6 Å². The van der Waals surface area contributed by atoms with E-state index in [2.05, 4.69) is 10.3 Å². The molecule has 8 heteroatoms. The number of nitrogens with one attached hydrogen (secondary N) is 1. The fraction of sp³-hybridized carbons (Fsp3) is 0.615. The number of urea groups is 1. The number of carboxylic acids is 1. The molecule has 0 saturated carbocycles. The molecular weight excluding hydrogens is 292 g/mol. The van der Waals surface area contributed by atoms with Crippen LogP contribution in [0.4, 0.5) is 4.79 Å². The van der Waals surface area contributed by atoms with Crippen LogP contribution in [0.2, 0.25) is 0 Å². The first-order valence-corrected chi connectivity index (χ1v) is 7.96. The van der Waals surface area contributed by atoms with Gasteiger partial charge in [0.15, 0.2) is 0 Å². The fourth-order valence-corrected chi connectivity index (χ4v) is 3.82. The second-order valence-corrected chi connectivity index (χ2v) is 6.16. The molecular formula is C13H20N4O3S. The van der Waals surface area contributed by atoms with E-state index in [-0.39, 0.29) is 17.9 Å². The normalized spacial score (nSPS) is 21.5. The first kappa shape index (κ1) is 15.7. The van der Waals surface area contributed by atoms with E-state index < -0.39 is 12.0 Å². The van der Waals surface area contributed by atoms with Crippen molar-refractivity contribution in [3.63, 3.8) is 0 Å². The smallest absolute Gasteiger partial charge is 0.327 e. The fourth-order valence-electron chi connectivity index (χ4n) is 2.31. The number of amides is 2. The number of aromatic nitrogens is 2. The van der Waals surface area contributed by atoms with Crippen molar-refractivity contribution in [3.8, 4) is 0 Å². The minimum atomic E-state index is -0.951. The monoisotopic (exact) mass is 312 g/mol. The van der Waals surface area contributed by atoms with Gasteiger partial charge < -0.3 is 15.0 Å². The number of thioether (sulfide) groups is 1. The Hall–Kier alpha value is -1.70. The van der Waals surface area contributed by atoms with Gasteiger partial charge >= 0.3 is 12.0 Å². The molecule has 1 saturated heterocycles. The largest absolute Gasteiger partial charge is 0.480 e. The summed E-state index contributed by atoms with van der Waals surface area (Å²) < 4.78 is 1.82. The number of aliphatic carboxylic acids is 1. The first-order valence-electron chi connectivity index (χ1n) is 6.91. The number of carbonyl (C=O) groups is 2. The second kappa shape index (κ2) is 6.84. The predicted molar refractivity (Wildman–Crippen MR) is 79.9 cm³/mol. The topological polar surface area (TPSA) is 87.5 Å². The molecule has 0 bridgehead atoms. The van der Waals surface area contributed by atoms with Crippen LogP contribution in [0.5, 0.6) is 0 Å². The van der Waals surface area contributed by atoms with Crippen molar-refractivity contribution in [1.82, 2.24) is 19.8 Å². The molecule has 0 aromatic carbocycles. The number of aryl methyl sites for hydroxylation is 1. The highest BCUT2D eigenvalue weighted by Gasteiger charge is 2.41. The van der Waals surface area contributed by atoms with Crippen LogP contribution >= 0.6 is 11.8 Å². The van der Waals surface area contributed by atoms with Crippen LogP contribution in [0.15, 0.2) is 12.4 Å². The summed E-state index contributed by atoms with van der Waals surface area (Å²) in [5.41, 5.74) is 0. The van der Waals surface area contributed by atoms with Gasteiger partial charge in [-0.2, -0.15) is 0 Å². The maximum atomic E-state index is 12.4. The zero-order valence-electron chi connectivity index (χ0n) is 12.2. The van der Waals surface area contributed by atoms with Crippen LogP contribution in [0.1, 0.15) is 25.6 Å². The average Bonchev–Trinajstić information content (AvgIpc) is 3.03. The Morgan fingerprint density at radius 3 is 2.90 bits per heavy atom. The van der Waals surface area contributed by atoms with E-state index in [0.29, 0.717) is 5.75 Å². The number of rotatable bonds is 5. The summed E-state index contributed by atoms with van der Waals surface area (Å²) in [6, 6.07) is -1.10. The van der Waals surface area contributed by atoms with Gasteiger partial charge in [0.25, 0.3) is 0 Å². The zero-order valence-corrected chi connectivity index (χ0v) is 13.0. The number of carboxylic acid groups (broad SMARTS) is 1. The molecule has 7 nitrogen and oxygen atoms in total. The van der Waals surface area contributed by atoms with Gasteiger partial charge in [-0.05, 0) is 6.42 Å². The third-order valence-corrected chi connectivity index (χ3v) is 4.82. The van der Waals surface area contributed by atoms with Crippen LogP contribution in [-0.2, 0) is 18.4 Å². The Bertz CT molecular complexity index is 519. The van der Waals surface area contributed by atoms with E-state index in [1.54, 1.807) is 12.4 Å². The highest BCUT2D eigenvalue weighted by atomic mass is 32.2. The Kier molecular flexibility index (Phi) is 5.11. The van der Waals surface area contributed by atoms with Crippen molar-refractivity contribution < 1.29 is 14.7 Å². The van der Waals surface area contributed by atoms with Crippen molar-refractivity contribution in [1.29, 1.82) is 0 Å². The van der Waals surface area contributed by atoms with Crippen molar-refractivity contribution in [2.75, 3.05) is 5.75 Å². The Balaban J connectivity index is 2.02. The Labute approximate surface area is 127 Å². The summed E-state index contributed by atoms with van der Waals surface area (Å²) in [5, 5.41) is 12.0. The molecule has 2 unspecified atom stereocenters. The molecule has 116 valence electrons. The number of carbonyl (C=O) groups excluding carboxylic acids is 1. The molecule has 0 spiro atoms. The molecule has 2 amide bonds. The molecule has 1 aliphatic rings. The Morgan fingerprint density at radius 1 is 1.57 bits per heavy atom. The number of imidazole rings is 1. The molecule has 21 heavy (non-hydrogen) atoms. The summed E-state index contributed by atoms with van der Waals surface area (Å²) in [6.45, 7) is 2.31. The highest BCUT2D eigenvalue weighted by Crippen LogP contribution is 2.32. The predicted octanol–water partition coefficient (Wildman–Crippen LogP) is 1.26. The molecule has 0 aliphatic carbocycles. The molecule has 1 aromatic rings. The van der Waals surface area contributed by atoms with Crippen molar-refractivity contribution in [2.45, 2.75) is 37.7 Å². The quantitative estimate of drug-likeness (QED) is 0.854. The van der Waals surface area contributed by atoms with Crippen molar-refractivity contribution in [2.24, 2.45) is 7.05 Å². The van der Waals surface area contributed by atoms with Crippen LogP contribution in [0, 0.1) is 0 Å². The molecule has 2 heterocycles. The van der Waals surface area contributed by atoms with Gasteiger partial charge in [-0.1, -0.05) is 13.3 Å². The maximum absolute atomic E-state index is 12.4. The van der Waals surface area contributed by atoms with Gasteiger partial charge in [0, 0.05) is 25.2 Å². The summed E-state index contributed by atoms with van der Waals surface area (Å²) in [4.78, 5) is 29.2. The molecule has 2 rings (SSSR count). The van der Waals surface area contributed by atoms with Crippen LogP contribution in [-0.4, -0.2) is 48.7 Å². The molecule has 2 atom stereocenters. The molecule has 1 fully saturated rings. The molecule has 1 aromatic heterocycles. The van der Waals surface area contributed by atoms with Crippen LogP contribution in [0.3, 0.4) is 0 Å². The summed E-state index contributed by atoms with van der Waals surface area (Å²) in [7, 11) is 1.85. The van der Waals surface area contributed by atoms with Crippen molar-refractivity contribution in [3.05, 3.63) is 18.2 Å². The zero-order chi connectivity index (χ0) is 15.4. The van der Waals surface area contributed by atoms with E-state index in [1.165, 1.54) is 16.7 Å². The summed E-state index contributed by atoms with van der Waals surface area (Å²) in [6.07, 6.45) is 5.16. The number of hydrogen-bond donors (Lipinski definition) is 2. The highest BCUT2D eigenvalue weighted by molar-refractivity contribution is 8.00. The van der Waals surface area contributed by atoms with Gasteiger partial charge in [0.2, 0.25) is 0 Å². The standard InChI is InChI=1S/C13H20N4O3S/c1-3-4-11-17(9(8-21-11)12(18)19)13(20)15-7-10-14-5-6-16(10)2/h5-6,9,11H,3-4,7-8H2,1-2H3,(H,15,20)(H,18,19). The third kappa shape index (κ3) is 3.49. The van der Waals surface area contributed by atoms with E-state index in [9.17, 15) is 14.7 Å². The lowest BCUT2D eigenvalue weighted by molar-refractivity contribution is -0.141. The lowest BCUT2D eigenvalue weighted by Gasteiger charge is -2.27. The Morgan fingerprint density at radius 2 is 2.33 bits per heavy atom. The molecule has 1 aliphatic heterocycles. The number of hydrogen-bond acceptors (Lipinski definition) is 4. The summed E-state index contributed by atoms with van der Waals surface area (Å²) in [5.74, 6) is 0.220. The minimum Gasteiger partial charge on any atom is -0.480 e. The summed E-state index contributed by atoms with van der Waals surface area (Å²) >= 11 is 1.53. The van der Waals surface area contributed by atoms with E-state index in [4.69, 9.17) is 0 Å². The maximum Gasteiger partial charge on any atom is 0.327 e. The average molecular weight is 312 g/mol. The molecule has 2 N–H and O–H groups in total. The van der Waals surface area contributed by atoms with E-state index in [1.807, 2.05) is 18.5 Å². The third-order valence-electron chi connectivity index (χ3n) is 3.47. The van der Waals surface area contributed by atoms with Gasteiger partial charge in [-0.3, -0.25) is 4.90 Å². The van der Waals surface area contributed by atoms with E-state index in [0.717, 1.165) is 18.7 Å². The van der Waals surface area contributed by atoms with Crippen LogP contribution < -0.4 is 5.32 Å².